The monoisotopic (exact) mass is 251 g/mol. The van der Waals surface area contributed by atoms with Crippen LogP contribution >= 0.6 is 0 Å². The third-order valence-electron chi connectivity index (χ3n) is 2.58. The Balaban J connectivity index is 2.20. The number of nitrogens with one attached hydrogen (secondary N) is 1. The number of carboxylic acids is 1. The molecule has 0 aromatic carbocycles. The van der Waals surface area contributed by atoms with Crippen LogP contribution in [0.4, 0.5) is 10.6 Å². The van der Waals surface area contributed by atoms with Gasteiger partial charge in [-0.25, -0.2) is 14.6 Å². The molecule has 0 radical (unpaired) electrons. The lowest BCUT2D eigenvalue weighted by Crippen LogP contribution is -2.17. The molecule has 2 N–H and O–H groups in total. The zero-order chi connectivity index (χ0) is 13.1. The van der Waals surface area contributed by atoms with Gasteiger partial charge in [0.25, 0.3) is 0 Å². The van der Waals surface area contributed by atoms with Crippen molar-refractivity contribution in [3.8, 4) is 0 Å². The van der Waals surface area contributed by atoms with Gasteiger partial charge in [-0.1, -0.05) is 12.7 Å². The number of carboxylic acid groups (broad SMARTS) is 1. The quantitative estimate of drug-likeness (QED) is 0.786. The summed E-state index contributed by atoms with van der Waals surface area (Å²) in [5.74, 6) is -0.410. The molecule has 1 aliphatic heterocycles. The van der Waals surface area contributed by atoms with Crippen molar-refractivity contribution in [2.75, 3.05) is 11.9 Å². The van der Waals surface area contributed by atoms with E-state index < -0.39 is 12.1 Å². The molecule has 2 rings (SSSR count). The number of rotatable bonds is 4. The minimum Gasteiger partial charge on any atom is -0.476 e. The van der Waals surface area contributed by atoms with E-state index in [9.17, 15) is 9.59 Å². The normalized spacial score (nSPS) is 12.9. The summed E-state index contributed by atoms with van der Waals surface area (Å²) in [4.78, 5) is 26.6. The van der Waals surface area contributed by atoms with Crippen LogP contribution in [0.3, 0.4) is 0 Å². The predicted octanol–water partition coefficient (Wildman–Crippen LogP) is 1.26. The predicted molar refractivity (Wildman–Crippen MR) is 62.7 cm³/mol. The van der Waals surface area contributed by atoms with Crippen molar-refractivity contribution in [2.45, 2.75) is 19.4 Å². The van der Waals surface area contributed by atoms with E-state index in [-0.39, 0.29) is 18.1 Å². The van der Waals surface area contributed by atoms with Crippen LogP contribution in [0.5, 0.6) is 0 Å². The summed E-state index contributed by atoms with van der Waals surface area (Å²) in [5.41, 5.74) is -0.00180. The number of hydrogen-bond acceptors (Lipinski definition) is 4. The van der Waals surface area contributed by atoms with Gasteiger partial charge in [-0.3, -0.25) is 5.32 Å². The van der Waals surface area contributed by atoms with Crippen molar-refractivity contribution < 1.29 is 19.4 Å². The molecule has 18 heavy (non-hydrogen) atoms. The highest BCUT2D eigenvalue weighted by Crippen LogP contribution is 2.23. The fourth-order valence-electron chi connectivity index (χ4n) is 1.90. The minimum atomic E-state index is -1.12. The van der Waals surface area contributed by atoms with E-state index in [1.54, 1.807) is 4.57 Å². The number of imidazole rings is 1. The van der Waals surface area contributed by atoms with Gasteiger partial charge in [0.05, 0.1) is 0 Å². The highest BCUT2D eigenvalue weighted by molar-refractivity contribution is 5.96. The molecule has 1 aromatic rings. The lowest BCUT2D eigenvalue weighted by atomic mass is 10.3. The third-order valence-corrected chi connectivity index (χ3v) is 2.58. The maximum absolute atomic E-state index is 11.3. The fraction of sp³-hybridized carbons (Fsp3) is 0.364. The molecule has 1 aliphatic rings. The lowest BCUT2D eigenvalue weighted by Gasteiger charge is -2.05. The Morgan fingerprint density at radius 3 is 3.06 bits per heavy atom. The van der Waals surface area contributed by atoms with Crippen LogP contribution in [0.2, 0.25) is 0 Å². The van der Waals surface area contributed by atoms with Crippen LogP contribution < -0.4 is 5.32 Å². The van der Waals surface area contributed by atoms with Crippen molar-refractivity contribution in [2.24, 2.45) is 0 Å². The van der Waals surface area contributed by atoms with E-state index >= 15 is 0 Å². The zero-order valence-electron chi connectivity index (χ0n) is 9.68. The number of carbonyl (C=O) groups is 2. The van der Waals surface area contributed by atoms with Gasteiger partial charge in [0, 0.05) is 13.0 Å². The van der Waals surface area contributed by atoms with Crippen molar-refractivity contribution in [3.05, 3.63) is 24.2 Å². The first-order valence-corrected chi connectivity index (χ1v) is 5.51. The van der Waals surface area contributed by atoms with Crippen LogP contribution in [-0.2, 0) is 17.7 Å². The van der Waals surface area contributed by atoms with Crippen LogP contribution in [0.25, 0.3) is 0 Å². The van der Waals surface area contributed by atoms with Crippen molar-refractivity contribution in [1.29, 1.82) is 0 Å². The molecule has 0 bridgehead atoms. The highest BCUT2D eigenvalue weighted by Gasteiger charge is 2.26. The first-order valence-electron chi connectivity index (χ1n) is 5.51. The Kier molecular flexibility index (Phi) is 3.31. The van der Waals surface area contributed by atoms with Crippen LogP contribution in [-0.4, -0.2) is 33.3 Å². The van der Waals surface area contributed by atoms with E-state index in [4.69, 9.17) is 9.84 Å². The number of hydrogen-bond donors (Lipinski definition) is 2. The molecule has 1 amide bonds. The zero-order valence-corrected chi connectivity index (χ0v) is 9.68. The Labute approximate surface area is 103 Å². The number of fused-ring (bicyclic) bond motifs is 1. The summed E-state index contributed by atoms with van der Waals surface area (Å²) in [6, 6.07) is 0. The number of nitrogens with zero attached hydrogens (tertiary/aromatic N) is 2. The van der Waals surface area contributed by atoms with Crippen LogP contribution in [0, 0.1) is 0 Å². The lowest BCUT2D eigenvalue weighted by molar-refractivity contribution is 0.0686. The van der Waals surface area contributed by atoms with E-state index in [0.29, 0.717) is 18.8 Å². The largest absolute Gasteiger partial charge is 0.476 e. The van der Waals surface area contributed by atoms with Gasteiger partial charge < -0.3 is 14.4 Å². The number of anilines is 1. The van der Waals surface area contributed by atoms with Crippen LogP contribution in [0.15, 0.2) is 12.7 Å². The smallest absolute Gasteiger partial charge is 0.413 e. The third kappa shape index (κ3) is 2.20. The topological polar surface area (TPSA) is 93.5 Å². The summed E-state index contributed by atoms with van der Waals surface area (Å²) in [5, 5.41) is 11.5. The number of aromatic carboxylic acids is 1. The van der Waals surface area contributed by atoms with Crippen molar-refractivity contribution >= 4 is 17.9 Å². The maximum atomic E-state index is 11.3. The van der Waals surface area contributed by atoms with Crippen LogP contribution in [0.1, 0.15) is 22.7 Å². The summed E-state index contributed by atoms with van der Waals surface area (Å²) >= 11 is 0. The summed E-state index contributed by atoms with van der Waals surface area (Å²) in [6.07, 6.45) is 2.26. The Morgan fingerprint density at radius 2 is 2.39 bits per heavy atom. The highest BCUT2D eigenvalue weighted by atomic mass is 16.5. The molecule has 7 heteroatoms. The van der Waals surface area contributed by atoms with E-state index in [1.807, 2.05) is 0 Å². The van der Waals surface area contributed by atoms with Gasteiger partial charge in [-0.05, 0) is 6.42 Å². The first kappa shape index (κ1) is 12.2. The average Bonchev–Trinajstić information content (AvgIpc) is 2.85. The number of aryl methyl sites for hydroxylation is 1. The molecule has 0 spiro atoms. The van der Waals surface area contributed by atoms with E-state index in [0.717, 1.165) is 6.42 Å². The second-order valence-corrected chi connectivity index (χ2v) is 3.80. The van der Waals surface area contributed by atoms with Gasteiger partial charge in [-0.15, -0.1) is 0 Å². The van der Waals surface area contributed by atoms with Gasteiger partial charge in [0.1, 0.15) is 12.4 Å². The molecule has 0 saturated carbocycles. The SMILES string of the molecule is C=CCOC(=O)Nc1nc2n(c1C(=O)O)CCC2. The Hall–Kier alpha value is -2.31. The van der Waals surface area contributed by atoms with Gasteiger partial charge in [0.15, 0.2) is 11.5 Å². The average molecular weight is 251 g/mol. The molecule has 0 atom stereocenters. The van der Waals surface area contributed by atoms with Crippen molar-refractivity contribution in [3.63, 3.8) is 0 Å². The molecule has 0 unspecified atom stereocenters. The molecule has 0 fully saturated rings. The number of aromatic nitrogens is 2. The Morgan fingerprint density at radius 1 is 1.61 bits per heavy atom. The van der Waals surface area contributed by atoms with E-state index in [2.05, 4.69) is 16.9 Å². The molecule has 7 nitrogen and oxygen atoms in total. The summed E-state index contributed by atoms with van der Waals surface area (Å²) < 4.78 is 6.32. The van der Waals surface area contributed by atoms with E-state index in [1.165, 1.54) is 6.08 Å². The molecule has 0 aliphatic carbocycles. The Bertz CT molecular complexity index is 507. The minimum absolute atomic E-state index is 0.00180. The molecule has 2 heterocycles. The first-order chi connectivity index (χ1) is 8.63. The molecular formula is C11H13N3O4. The van der Waals surface area contributed by atoms with Gasteiger partial charge in [0.2, 0.25) is 0 Å². The maximum Gasteiger partial charge on any atom is 0.413 e. The number of ether oxygens (including phenoxy) is 1. The molecule has 0 saturated heterocycles. The standard InChI is InChI=1S/C11H13N3O4/c1-2-6-18-11(17)13-9-8(10(15)16)14-5-3-4-7(14)12-9/h2H,1,3-6H2,(H,13,17)(H,15,16). The molecule has 96 valence electrons. The number of amides is 1. The van der Waals surface area contributed by atoms with Crippen molar-refractivity contribution in [1.82, 2.24) is 9.55 Å². The second-order valence-electron chi connectivity index (χ2n) is 3.80. The summed E-state index contributed by atoms with van der Waals surface area (Å²) in [6.45, 7) is 4.07. The number of carbonyl (C=O) groups excluding carboxylic acids is 1. The fourth-order valence-corrected chi connectivity index (χ4v) is 1.90. The van der Waals surface area contributed by atoms with Gasteiger partial charge >= 0.3 is 12.1 Å². The molecule has 1 aromatic heterocycles. The molecular weight excluding hydrogens is 238 g/mol. The second kappa shape index (κ2) is 4.91. The summed E-state index contributed by atoms with van der Waals surface area (Å²) in [7, 11) is 0. The van der Waals surface area contributed by atoms with Gasteiger partial charge in [-0.2, -0.15) is 0 Å².